The van der Waals surface area contributed by atoms with Crippen molar-refractivity contribution in [2.75, 3.05) is 12.3 Å². The number of aryl methyl sites for hydroxylation is 1. The summed E-state index contributed by atoms with van der Waals surface area (Å²) in [6, 6.07) is 0. The van der Waals surface area contributed by atoms with E-state index in [1.165, 1.54) is 0 Å². The molecule has 0 saturated carbocycles. The highest BCUT2D eigenvalue weighted by Crippen LogP contribution is 2.24. The molecular formula is C7H12N6O2. The van der Waals surface area contributed by atoms with Crippen molar-refractivity contribution in [3.05, 3.63) is 21.7 Å². The Bertz CT molecular complexity index is 363. The van der Waals surface area contributed by atoms with Crippen molar-refractivity contribution in [2.24, 2.45) is 5.11 Å². The molecule has 82 valence electrons. The summed E-state index contributed by atoms with van der Waals surface area (Å²) in [5.74, 6) is 0.125. The van der Waals surface area contributed by atoms with Gasteiger partial charge in [-0.3, -0.25) is 5.10 Å². The van der Waals surface area contributed by atoms with Crippen LogP contribution in [0.2, 0.25) is 0 Å². The largest absolute Gasteiger partial charge is 0.390 e. The van der Waals surface area contributed by atoms with Gasteiger partial charge in [-0.05, 0) is 12.5 Å². The lowest BCUT2D eigenvalue weighted by atomic mass is 10.0. The quantitative estimate of drug-likeness (QED) is 0.316. The standard InChI is InChI=1S/C7H12N6O2/c1-3-5(7(8)12-11-3)6(15)4(14)2-10-13-9/h4,6,14-15H,2H2,1H3,(H3,8,11,12). The van der Waals surface area contributed by atoms with E-state index in [-0.39, 0.29) is 12.4 Å². The molecule has 0 aliphatic carbocycles. The van der Waals surface area contributed by atoms with Crippen LogP contribution in [0.25, 0.3) is 10.4 Å². The number of hydrogen-bond acceptors (Lipinski definition) is 5. The number of H-pyrrole nitrogens is 1. The van der Waals surface area contributed by atoms with E-state index in [0.29, 0.717) is 11.3 Å². The van der Waals surface area contributed by atoms with Gasteiger partial charge in [-0.1, -0.05) is 5.11 Å². The van der Waals surface area contributed by atoms with Gasteiger partial charge in [0.05, 0.1) is 12.6 Å². The first kappa shape index (κ1) is 11.3. The first-order valence-corrected chi connectivity index (χ1v) is 4.25. The predicted molar refractivity (Wildman–Crippen MR) is 52.7 cm³/mol. The molecule has 8 heteroatoms. The number of anilines is 1. The van der Waals surface area contributed by atoms with Gasteiger partial charge >= 0.3 is 0 Å². The van der Waals surface area contributed by atoms with Crippen LogP contribution in [0.4, 0.5) is 5.82 Å². The Morgan fingerprint density at radius 1 is 1.67 bits per heavy atom. The number of azide groups is 1. The molecule has 8 nitrogen and oxygen atoms in total. The fraction of sp³-hybridized carbons (Fsp3) is 0.571. The molecule has 0 spiro atoms. The average molecular weight is 212 g/mol. The van der Waals surface area contributed by atoms with Crippen LogP contribution in [0.1, 0.15) is 17.4 Å². The van der Waals surface area contributed by atoms with Crippen LogP contribution in [-0.4, -0.2) is 33.1 Å². The Morgan fingerprint density at radius 3 is 2.80 bits per heavy atom. The monoisotopic (exact) mass is 212 g/mol. The topological polar surface area (TPSA) is 144 Å². The van der Waals surface area contributed by atoms with Crippen LogP contribution in [0.3, 0.4) is 0 Å². The van der Waals surface area contributed by atoms with Gasteiger partial charge in [-0.15, -0.1) is 0 Å². The fourth-order valence-electron chi connectivity index (χ4n) is 1.24. The molecule has 0 saturated heterocycles. The average Bonchev–Trinajstić information content (AvgIpc) is 2.54. The SMILES string of the molecule is Cc1[nH]nc(N)c1C(O)C(O)CN=[N+]=[N-]. The molecular weight excluding hydrogens is 200 g/mol. The van der Waals surface area contributed by atoms with Crippen molar-refractivity contribution >= 4 is 5.82 Å². The maximum atomic E-state index is 9.69. The minimum atomic E-state index is -1.21. The molecule has 15 heavy (non-hydrogen) atoms. The number of aliphatic hydroxyl groups excluding tert-OH is 2. The lowest BCUT2D eigenvalue weighted by molar-refractivity contribution is 0.0245. The van der Waals surface area contributed by atoms with Gasteiger partial charge in [0.2, 0.25) is 0 Å². The van der Waals surface area contributed by atoms with Gasteiger partial charge in [0.1, 0.15) is 6.10 Å². The highest BCUT2D eigenvalue weighted by molar-refractivity contribution is 5.43. The second-order valence-corrected chi connectivity index (χ2v) is 3.07. The molecule has 2 atom stereocenters. The van der Waals surface area contributed by atoms with Gasteiger partial charge in [0.15, 0.2) is 5.82 Å². The van der Waals surface area contributed by atoms with E-state index in [9.17, 15) is 10.2 Å². The molecule has 1 aromatic heterocycles. The van der Waals surface area contributed by atoms with E-state index in [4.69, 9.17) is 11.3 Å². The number of rotatable bonds is 4. The molecule has 5 N–H and O–H groups in total. The van der Waals surface area contributed by atoms with E-state index >= 15 is 0 Å². The fourth-order valence-corrected chi connectivity index (χ4v) is 1.24. The van der Waals surface area contributed by atoms with Crippen molar-refractivity contribution in [1.82, 2.24) is 10.2 Å². The van der Waals surface area contributed by atoms with Crippen molar-refractivity contribution in [3.8, 4) is 0 Å². The van der Waals surface area contributed by atoms with Gasteiger partial charge in [0, 0.05) is 16.2 Å². The molecule has 0 amide bonds. The van der Waals surface area contributed by atoms with Gasteiger partial charge < -0.3 is 15.9 Å². The molecule has 0 aromatic carbocycles. The van der Waals surface area contributed by atoms with E-state index in [0.717, 1.165) is 0 Å². The predicted octanol–water partition coefficient (Wildman–Crippen LogP) is 0.00492. The molecule has 0 bridgehead atoms. The highest BCUT2D eigenvalue weighted by Gasteiger charge is 2.23. The first-order chi connectivity index (χ1) is 7.07. The summed E-state index contributed by atoms with van der Waals surface area (Å²) in [4.78, 5) is 2.48. The van der Waals surface area contributed by atoms with Gasteiger partial charge in [0.25, 0.3) is 0 Å². The maximum absolute atomic E-state index is 9.69. The van der Waals surface area contributed by atoms with Crippen LogP contribution in [0.5, 0.6) is 0 Å². The number of aromatic amines is 1. The van der Waals surface area contributed by atoms with Crippen LogP contribution in [0, 0.1) is 6.92 Å². The smallest absolute Gasteiger partial charge is 0.151 e. The number of nitrogens with zero attached hydrogens (tertiary/aromatic N) is 4. The van der Waals surface area contributed by atoms with Crippen molar-refractivity contribution < 1.29 is 10.2 Å². The zero-order valence-electron chi connectivity index (χ0n) is 8.12. The zero-order chi connectivity index (χ0) is 11.4. The second-order valence-electron chi connectivity index (χ2n) is 3.07. The van der Waals surface area contributed by atoms with Crippen molar-refractivity contribution in [3.63, 3.8) is 0 Å². The number of nitrogens with two attached hydrogens (primary N) is 1. The summed E-state index contributed by atoms with van der Waals surface area (Å²) in [6.45, 7) is 1.45. The van der Waals surface area contributed by atoms with E-state index in [1.807, 2.05) is 0 Å². The van der Waals surface area contributed by atoms with Gasteiger partial charge in [-0.25, -0.2) is 0 Å². The Morgan fingerprint density at radius 2 is 2.33 bits per heavy atom. The van der Waals surface area contributed by atoms with Crippen LogP contribution >= 0.6 is 0 Å². The maximum Gasteiger partial charge on any atom is 0.151 e. The number of aromatic nitrogens is 2. The second kappa shape index (κ2) is 4.65. The Hall–Kier alpha value is -1.76. The lowest BCUT2D eigenvalue weighted by Crippen LogP contribution is -2.22. The van der Waals surface area contributed by atoms with Crippen LogP contribution < -0.4 is 5.73 Å². The number of aliphatic hydroxyl groups is 2. The number of nitrogen functional groups attached to an aromatic ring is 1. The highest BCUT2D eigenvalue weighted by atomic mass is 16.3. The summed E-state index contributed by atoms with van der Waals surface area (Å²) in [6.07, 6.45) is -2.41. The lowest BCUT2D eigenvalue weighted by Gasteiger charge is -2.15. The summed E-state index contributed by atoms with van der Waals surface area (Å²) >= 11 is 0. The molecule has 1 heterocycles. The normalized spacial score (nSPS) is 14.3. The first-order valence-electron chi connectivity index (χ1n) is 4.25. The third-order valence-corrected chi connectivity index (χ3v) is 2.02. The van der Waals surface area contributed by atoms with E-state index in [1.54, 1.807) is 6.92 Å². The Balaban J connectivity index is 2.83. The third kappa shape index (κ3) is 2.38. The molecule has 1 rings (SSSR count). The Labute approximate surface area is 85.4 Å². The molecule has 2 unspecified atom stereocenters. The number of hydrogen-bond donors (Lipinski definition) is 4. The molecule has 0 radical (unpaired) electrons. The molecule has 0 aliphatic heterocycles. The van der Waals surface area contributed by atoms with Crippen LogP contribution in [0.15, 0.2) is 5.11 Å². The summed E-state index contributed by atoms with van der Waals surface area (Å²) in [7, 11) is 0. The third-order valence-electron chi connectivity index (χ3n) is 2.02. The van der Waals surface area contributed by atoms with Crippen molar-refractivity contribution in [1.29, 1.82) is 0 Å². The zero-order valence-corrected chi connectivity index (χ0v) is 8.12. The molecule has 0 fully saturated rings. The Kier molecular flexibility index (Phi) is 3.51. The van der Waals surface area contributed by atoms with E-state index in [2.05, 4.69) is 20.2 Å². The van der Waals surface area contributed by atoms with Crippen LogP contribution in [-0.2, 0) is 0 Å². The minimum Gasteiger partial charge on any atom is -0.390 e. The van der Waals surface area contributed by atoms with E-state index < -0.39 is 12.2 Å². The summed E-state index contributed by atoms with van der Waals surface area (Å²) < 4.78 is 0. The molecule has 1 aromatic rings. The number of nitrogens with one attached hydrogen (secondary N) is 1. The van der Waals surface area contributed by atoms with Gasteiger partial charge in [-0.2, -0.15) is 5.10 Å². The van der Waals surface area contributed by atoms with Crippen molar-refractivity contribution in [2.45, 2.75) is 19.1 Å². The summed E-state index contributed by atoms with van der Waals surface area (Å²) in [5.41, 5.74) is 14.4. The minimum absolute atomic E-state index is 0.125. The summed E-state index contributed by atoms with van der Waals surface area (Å²) in [5, 5.41) is 28.6. The molecule has 0 aliphatic rings.